The Balaban J connectivity index is 2.37. The maximum absolute atomic E-state index is 5.89. The number of rotatable bonds is 0. The van der Waals surface area contributed by atoms with Crippen LogP contribution < -0.4 is 0 Å². The smallest absolute Gasteiger partial charge is 0.136 e. The van der Waals surface area contributed by atoms with Crippen LogP contribution in [-0.2, 0) is 0 Å². The average molecular weight is 297 g/mol. The van der Waals surface area contributed by atoms with E-state index in [2.05, 4.69) is 46.3 Å². The highest BCUT2D eigenvalue weighted by atomic mass is 79.9. The zero-order valence-electron chi connectivity index (χ0n) is 9.48. The van der Waals surface area contributed by atoms with E-state index in [9.17, 15) is 0 Å². The molecule has 0 fully saturated rings. The van der Waals surface area contributed by atoms with Gasteiger partial charge >= 0.3 is 0 Å². The molecule has 0 aliphatic carbocycles. The second kappa shape index (κ2) is 3.59. The van der Waals surface area contributed by atoms with E-state index >= 15 is 0 Å². The van der Waals surface area contributed by atoms with Crippen molar-refractivity contribution < 1.29 is 4.42 Å². The topological polar surface area (TPSA) is 13.1 Å². The van der Waals surface area contributed by atoms with Crippen molar-refractivity contribution in [3.63, 3.8) is 0 Å². The second-order valence-electron chi connectivity index (χ2n) is 4.37. The first-order valence-electron chi connectivity index (χ1n) is 5.83. The molecule has 0 atom stereocenters. The van der Waals surface area contributed by atoms with Crippen molar-refractivity contribution in [1.29, 1.82) is 0 Å². The van der Waals surface area contributed by atoms with E-state index in [0.29, 0.717) is 0 Å². The minimum Gasteiger partial charge on any atom is -0.456 e. The minimum absolute atomic E-state index is 0.944. The second-order valence-corrected chi connectivity index (χ2v) is 5.23. The van der Waals surface area contributed by atoms with Crippen LogP contribution in [0.4, 0.5) is 0 Å². The summed E-state index contributed by atoms with van der Waals surface area (Å²) in [5.41, 5.74) is 1.89. The molecule has 0 N–H and O–H groups in total. The van der Waals surface area contributed by atoms with Gasteiger partial charge in [-0.2, -0.15) is 0 Å². The monoisotopic (exact) mass is 296 g/mol. The molecule has 4 aromatic rings. The highest BCUT2D eigenvalue weighted by Crippen LogP contribution is 2.36. The van der Waals surface area contributed by atoms with Crippen molar-refractivity contribution in [2.24, 2.45) is 0 Å². The lowest BCUT2D eigenvalue weighted by Gasteiger charge is -2.01. The van der Waals surface area contributed by atoms with Crippen LogP contribution in [0.25, 0.3) is 32.7 Å². The Morgan fingerprint density at radius 3 is 2.44 bits per heavy atom. The van der Waals surface area contributed by atoms with Crippen LogP contribution in [0, 0.1) is 0 Å². The van der Waals surface area contributed by atoms with E-state index in [1.54, 1.807) is 0 Å². The van der Waals surface area contributed by atoms with Crippen LogP contribution in [0.5, 0.6) is 0 Å². The first-order chi connectivity index (χ1) is 8.84. The molecule has 18 heavy (non-hydrogen) atoms. The SMILES string of the molecule is Brc1cccc2c1ccc1oc3ccccc3c12. The molecule has 0 saturated carbocycles. The number of fused-ring (bicyclic) bond motifs is 5. The number of benzene rings is 3. The Bertz CT molecular complexity index is 889. The fourth-order valence-corrected chi connectivity index (χ4v) is 3.04. The Hall–Kier alpha value is -1.80. The predicted molar refractivity (Wildman–Crippen MR) is 78.9 cm³/mol. The van der Waals surface area contributed by atoms with Crippen molar-refractivity contribution in [3.8, 4) is 0 Å². The fourth-order valence-electron chi connectivity index (χ4n) is 2.54. The molecule has 1 nitrogen and oxygen atoms in total. The quantitative estimate of drug-likeness (QED) is 0.417. The maximum atomic E-state index is 5.89. The highest BCUT2D eigenvalue weighted by molar-refractivity contribution is 9.10. The van der Waals surface area contributed by atoms with Gasteiger partial charge in [0, 0.05) is 15.2 Å². The standard InChI is InChI=1S/C16H9BrO/c17-13-6-3-5-11-10(13)8-9-15-16(11)12-4-1-2-7-14(12)18-15/h1-9H. The largest absolute Gasteiger partial charge is 0.456 e. The lowest BCUT2D eigenvalue weighted by molar-refractivity contribution is 0.669. The number of para-hydroxylation sites is 1. The number of hydrogen-bond acceptors (Lipinski definition) is 1. The summed E-state index contributed by atoms with van der Waals surface area (Å²) in [6.45, 7) is 0. The van der Waals surface area contributed by atoms with Crippen LogP contribution >= 0.6 is 15.9 Å². The Labute approximate surface area is 112 Å². The zero-order chi connectivity index (χ0) is 12.1. The Morgan fingerprint density at radius 2 is 1.50 bits per heavy atom. The summed E-state index contributed by atoms with van der Waals surface area (Å²) in [6, 6.07) is 18.6. The minimum atomic E-state index is 0.944. The van der Waals surface area contributed by atoms with E-state index in [-0.39, 0.29) is 0 Å². The third-order valence-electron chi connectivity index (χ3n) is 3.35. The van der Waals surface area contributed by atoms with Crippen molar-refractivity contribution in [2.75, 3.05) is 0 Å². The Morgan fingerprint density at radius 1 is 0.667 bits per heavy atom. The third-order valence-corrected chi connectivity index (χ3v) is 4.04. The molecule has 0 amide bonds. The first kappa shape index (κ1) is 10.2. The van der Waals surface area contributed by atoms with Gasteiger partial charge in [0.25, 0.3) is 0 Å². The molecule has 0 bridgehead atoms. The molecule has 0 spiro atoms. The van der Waals surface area contributed by atoms with Gasteiger partial charge in [-0.1, -0.05) is 46.3 Å². The van der Waals surface area contributed by atoms with Gasteiger partial charge in [0.05, 0.1) is 0 Å². The number of furan rings is 1. The van der Waals surface area contributed by atoms with Gasteiger partial charge in [0.2, 0.25) is 0 Å². The van der Waals surface area contributed by atoms with E-state index in [4.69, 9.17) is 4.42 Å². The van der Waals surface area contributed by atoms with Crippen LogP contribution in [0.3, 0.4) is 0 Å². The summed E-state index contributed by atoms with van der Waals surface area (Å²) in [6.07, 6.45) is 0. The highest BCUT2D eigenvalue weighted by Gasteiger charge is 2.10. The summed E-state index contributed by atoms with van der Waals surface area (Å²) >= 11 is 3.60. The van der Waals surface area contributed by atoms with Gasteiger partial charge in [-0.15, -0.1) is 0 Å². The van der Waals surface area contributed by atoms with Gasteiger partial charge in [0.1, 0.15) is 11.2 Å². The Kier molecular flexibility index (Phi) is 2.03. The number of halogens is 1. The van der Waals surface area contributed by atoms with E-state index in [1.165, 1.54) is 21.5 Å². The van der Waals surface area contributed by atoms with E-state index in [0.717, 1.165) is 15.6 Å². The lowest BCUT2D eigenvalue weighted by atomic mass is 10.0. The molecular weight excluding hydrogens is 288 g/mol. The maximum Gasteiger partial charge on any atom is 0.136 e. The molecule has 0 radical (unpaired) electrons. The summed E-state index contributed by atoms with van der Waals surface area (Å²) in [5, 5.41) is 4.82. The molecule has 86 valence electrons. The van der Waals surface area contributed by atoms with Crippen molar-refractivity contribution >= 4 is 48.6 Å². The van der Waals surface area contributed by atoms with Gasteiger partial charge in [-0.05, 0) is 35.0 Å². The molecular formula is C16H9BrO. The molecule has 4 rings (SSSR count). The third kappa shape index (κ3) is 1.27. The van der Waals surface area contributed by atoms with Crippen LogP contribution in [0.1, 0.15) is 0 Å². The molecule has 2 heteroatoms. The normalized spacial score (nSPS) is 11.6. The van der Waals surface area contributed by atoms with Crippen molar-refractivity contribution in [3.05, 3.63) is 59.1 Å². The summed E-state index contributed by atoms with van der Waals surface area (Å²) in [7, 11) is 0. The van der Waals surface area contributed by atoms with E-state index in [1.807, 2.05) is 24.3 Å². The van der Waals surface area contributed by atoms with Gasteiger partial charge in [-0.25, -0.2) is 0 Å². The molecule has 0 aliphatic rings. The van der Waals surface area contributed by atoms with Crippen LogP contribution in [-0.4, -0.2) is 0 Å². The molecule has 0 aliphatic heterocycles. The first-order valence-corrected chi connectivity index (χ1v) is 6.62. The molecule has 0 saturated heterocycles. The summed E-state index contributed by atoms with van der Waals surface area (Å²) < 4.78 is 7.00. The van der Waals surface area contributed by atoms with Gasteiger partial charge in [0.15, 0.2) is 0 Å². The van der Waals surface area contributed by atoms with Gasteiger partial charge < -0.3 is 4.42 Å². The van der Waals surface area contributed by atoms with Crippen molar-refractivity contribution in [2.45, 2.75) is 0 Å². The fraction of sp³-hybridized carbons (Fsp3) is 0. The van der Waals surface area contributed by atoms with Crippen LogP contribution in [0.15, 0.2) is 63.5 Å². The average Bonchev–Trinajstić information content (AvgIpc) is 2.77. The summed E-state index contributed by atoms with van der Waals surface area (Å²) in [4.78, 5) is 0. The predicted octanol–water partition coefficient (Wildman–Crippen LogP) is 5.50. The lowest BCUT2D eigenvalue weighted by Crippen LogP contribution is -1.75. The molecule has 1 aromatic heterocycles. The van der Waals surface area contributed by atoms with Gasteiger partial charge in [-0.3, -0.25) is 0 Å². The summed E-state index contributed by atoms with van der Waals surface area (Å²) in [5.74, 6) is 0. The van der Waals surface area contributed by atoms with Crippen molar-refractivity contribution in [1.82, 2.24) is 0 Å². The zero-order valence-corrected chi connectivity index (χ0v) is 11.1. The molecule has 0 unspecified atom stereocenters. The van der Waals surface area contributed by atoms with E-state index < -0.39 is 0 Å². The number of hydrogen-bond donors (Lipinski definition) is 0. The van der Waals surface area contributed by atoms with Crippen LogP contribution in [0.2, 0.25) is 0 Å². The molecule has 1 heterocycles. The molecule has 3 aromatic carbocycles.